The molecule has 0 aromatic rings. The van der Waals surface area contributed by atoms with Crippen LogP contribution >= 0.6 is 11.8 Å². The second-order valence-corrected chi connectivity index (χ2v) is 4.42. The third-order valence-electron chi connectivity index (χ3n) is 2.22. The van der Waals surface area contributed by atoms with E-state index in [1.165, 1.54) is 0 Å². The summed E-state index contributed by atoms with van der Waals surface area (Å²) in [6.45, 7) is 0. The van der Waals surface area contributed by atoms with Crippen molar-refractivity contribution in [1.82, 2.24) is 4.90 Å². The van der Waals surface area contributed by atoms with Crippen LogP contribution < -0.4 is 0 Å². The molecule has 1 atom stereocenters. The van der Waals surface area contributed by atoms with Crippen LogP contribution in [0.4, 0.5) is 0 Å². The van der Waals surface area contributed by atoms with Gasteiger partial charge in [0.05, 0.1) is 11.5 Å². The second kappa shape index (κ2) is 5.67. The molecular formula is C9H11NO6S. The van der Waals surface area contributed by atoms with Crippen molar-refractivity contribution in [1.29, 1.82) is 0 Å². The van der Waals surface area contributed by atoms with Gasteiger partial charge in [-0.15, -0.1) is 11.8 Å². The molecule has 1 fully saturated rings. The predicted octanol–water partition coefficient (Wildman–Crippen LogP) is -0.594. The Morgan fingerprint density at radius 3 is 2.18 bits per heavy atom. The Hall–Kier alpha value is -1.57. The minimum Gasteiger partial charge on any atom is -0.481 e. The first kappa shape index (κ1) is 13.5. The average molecular weight is 261 g/mol. The number of carboxylic acids is 2. The SMILES string of the molecule is O=C(O)CCC(C(=O)O)N1C(=O)CSCC1=O. The lowest BCUT2D eigenvalue weighted by Gasteiger charge is -2.29. The Kier molecular flexibility index (Phi) is 4.50. The monoisotopic (exact) mass is 261 g/mol. The fourth-order valence-electron chi connectivity index (χ4n) is 1.47. The summed E-state index contributed by atoms with van der Waals surface area (Å²) >= 11 is 1.12. The van der Waals surface area contributed by atoms with E-state index in [-0.39, 0.29) is 17.9 Å². The van der Waals surface area contributed by atoms with Crippen molar-refractivity contribution in [2.75, 3.05) is 11.5 Å². The molecule has 8 heteroatoms. The van der Waals surface area contributed by atoms with E-state index in [0.717, 1.165) is 11.8 Å². The molecular weight excluding hydrogens is 250 g/mol. The summed E-state index contributed by atoms with van der Waals surface area (Å²) in [5.41, 5.74) is 0. The topological polar surface area (TPSA) is 112 Å². The van der Waals surface area contributed by atoms with Gasteiger partial charge in [0.1, 0.15) is 6.04 Å². The number of hydrogen-bond donors (Lipinski definition) is 2. The number of hydrogen-bond acceptors (Lipinski definition) is 5. The summed E-state index contributed by atoms with van der Waals surface area (Å²) in [6.07, 6.45) is -0.673. The summed E-state index contributed by atoms with van der Waals surface area (Å²) in [5.74, 6) is -3.60. The van der Waals surface area contributed by atoms with Gasteiger partial charge in [-0.25, -0.2) is 4.79 Å². The number of imide groups is 1. The van der Waals surface area contributed by atoms with Gasteiger partial charge in [-0.05, 0) is 6.42 Å². The Morgan fingerprint density at radius 1 is 1.24 bits per heavy atom. The number of aliphatic carboxylic acids is 2. The fraction of sp³-hybridized carbons (Fsp3) is 0.556. The molecule has 0 aliphatic carbocycles. The Balaban J connectivity index is 2.80. The van der Waals surface area contributed by atoms with Crippen LogP contribution in [-0.4, -0.2) is 56.4 Å². The number of amides is 2. The molecule has 1 rings (SSSR count). The maximum Gasteiger partial charge on any atom is 0.326 e. The molecule has 0 aromatic heterocycles. The Morgan fingerprint density at radius 2 is 1.76 bits per heavy atom. The van der Waals surface area contributed by atoms with Gasteiger partial charge in [0, 0.05) is 6.42 Å². The van der Waals surface area contributed by atoms with E-state index in [0.29, 0.717) is 4.90 Å². The number of nitrogens with zero attached hydrogens (tertiary/aromatic N) is 1. The molecule has 0 spiro atoms. The van der Waals surface area contributed by atoms with Crippen LogP contribution in [0.3, 0.4) is 0 Å². The maximum absolute atomic E-state index is 11.5. The molecule has 0 radical (unpaired) electrons. The van der Waals surface area contributed by atoms with E-state index < -0.39 is 36.2 Å². The van der Waals surface area contributed by atoms with Gasteiger partial charge in [0.25, 0.3) is 0 Å². The van der Waals surface area contributed by atoms with E-state index in [4.69, 9.17) is 10.2 Å². The summed E-state index contributed by atoms with van der Waals surface area (Å²) in [5, 5.41) is 17.4. The first-order chi connectivity index (χ1) is 7.93. The molecule has 7 nitrogen and oxygen atoms in total. The van der Waals surface area contributed by atoms with Gasteiger partial charge in [0.15, 0.2) is 0 Å². The number of thioether (sulfide) groups is 1. The lowest BCUT2D eigenvalue weighted by Crippen LogP contribution is -2.52. The van der Waals surface area contributed by atoms with Gasteiger partial charge in [-0.2, -0.15) is 0 Å². The van der Waals surface area contributed by atoms with Gasteiger partial charge < -0.3 is 10.2 Å². The van der Waals surface area contributed by atoms with E-state index in [1.54, 1.807) is 0 Å². The highest BCUT2D eigenvalue weighted by Crippen LogP contribution is 2.18. The molecule has 1 heterocycles. The van der Waals surface area contributed by atoms with Gasteiger partial charge in [0.2, 0.25) is 11.8 Å². The third-order valence-corrected chi connectivity index (χ3v) is 3.12. The molecule has 0 bridgehead atoms. The van der Waals surface area contributed by atoms with Crippen LogP contribution in [0, 0.1) is 0 Å². The predicted molar refractivity (Wildman–Crippen MR) is 57.5 cm³/mol. The van der Waals surface area contributed by atoms with Crippen molar-refractivity contribution in [3.8, 4) is 0 Å². The zero-order chi connectivity index (χ0) is 13.0. The van der Waals surface area contributed by atoms with Crippen molar-refractivity contribution in [3.63, 3.8) is 0 Å². The molecule has 17 heavy (non-hydrogen) atoms. The third kappa shape index (κ3) is 3.45. The Bertz CT molecular complexity index is 352. The van der Waals surface area contributed by atoms with E-state index in [9.17, 15) is 19.2 Å². The highest BCUT2D eigenvalue weighted by Gasteiger charge is 2.36. The van der Waals surface area contributed by atoms with Crippen LogP contribution in [-0.2, 0) is 19.2 Å². The molecule has 94 valence electrons. The maximum atomic E-state index is 11.5. The summed E-state index contributed by atoms with van der Waals surface area (Å²) in [6, 6.07) is -1.38. The quantitative estimate of drug-likeness (QED) is 0.636. The molecule has 1 saturated heterocycles. The minimum absolute atomic E-state index is 0.0442. The lowest BCUT2D eigenvalue weighted by atomic mass is 10.1. The number of carbonyl (C=O) groups is 4. The van der Waals surface area contributed by atoms with Crippen LogP contribution in [0.2, 0.25) is 0 Å². The average Bonchev–Trinajstić information content (AvgIpc) is 2.21. The van der Waals surface area contributed by atoms with E-state index in [2.05, 4.69) is 0 Å². The van der Waals surface area contributed by atoms with Crippen molar-refractivity contribution >= 4 is 35.5 Å². The molecule has 2 N–H and O–H groups in total. The van der Waals surface area contributed by atoms with Crippen molar-refractivity contribution in [2.45, 2.75) is 18.9 Å². The molecule has 0 aromatic carbocycles. The first-order valence-electron chi connectivity index (χ1n) is 4.80. The van der Waals surface area contributed by atoms with Gasteiger partial charge in [-0.3, -0.25) is 19.3 Å². The van der Waals surface area contributed by atoms with Gasteiger partial charge in [-0.1, -0.05) is 0 Å². The smallest absolute Gasteiger partial charge is 0.326 e. The zero-order valence-electron chi connectivity index (χ0n) is 8.79. The van der Waals surface area contributed by atoms with Crippen molar-refractivity contribution < 1.29 is 29.4 Å². The summed E-state index contributed by atoms with van der Waals surface area (Å²) in [7, 11) is 0. The normalized spacial score (nSPS) is 18.0. The van der Waals surface area contributed by atoms with Crippen LogP contribution in [0.5, 0.6) is 0 Å². The van der Waals surface area contributed by atoms with E-state index in [1.807, 2.05) is 0 Å². The number of rotatable bonds is 5. The highest BCUT2D eigenvalue weighted by atomic mass is 32.2. The fourth-order valence-corrected chi connectivity index (χ4v) is 2.20. The van der Waals surface area contributed by atoms with Crippen molar-refractivity contribution in [2.24, 2.45) is 0 Å². The summed E-state index contributed by atoms with van der Waals surface area (Å²) < 4.78 is 0. The second-order valence-electron chi connectivity index (χ2n) is 3.44. The van der Waals surface area contributed by atoms with Crippen LogP contribution in [0.15, 0.2) is 0 Å². The van der Waals surface area contributed by atoms with Crippen molar-refractivity contribution in [3.05, 3.63) is 0 Å². The zero-order valence-corrected chi connectivity index (χ0v) is 9.61. The lowest BCUT2D eigenvalue weighted by molar-refractivity contribution is -0.157. The minimum atomic E-state index is -1.38. The van der Waals surface area contributed by atoms with Crippen LogP contribution in [0.25, 0.3) is 0 Å². The molecule has 1 aliphatic rings. The summed E-state index contributed by atoms with van der Waals surface area (Å²) in [4.78, 5) is 44.9. The number of carboxylic acid groups (broad SMARTS) is 2. The van der Waals surface area contributed by atoms with E-state index >= 15 is 0 Å². The molecule has 1 aliphatic heterocycles. The standard InChI is InChI=1S/C9H11NO6S/c11-6-3-17-4-7(12)10(6)5(9(15)16)1-2-8(13)14/h5H,1-4H2,(H,13,14)(H,15,16). The number of carbonyl (C=O) groups excluding carboxylic acids is 2. The van der Waals surface area contributed by atoms with Crippen LogP contribution in [0.1, 0.15) is 12.8 Å². The molecule has 1 unspecified atom stereocenters. The first-order valence-corrected chi connectivity index (χ1v) is 5.96. The Labute approximate surface area is 101 Å². The van der Waals surface area contributed by atoms with Gasteiger partial charge >= 0.3 is 11.9 Å². The highest BCUT2D eigenvalue weighted by molar-refractivity contribution is 8.00. The molecule has 0 saturated carbocycles. The molecule has 2 amide bonds. The largest absolute Gasteiger partial charge is 0.481 e.